The molecule has 0 spiro atoms. The molecule has 1 N–H and O–H groups in total. The molecular formula is C15H19IN2O. The SMILES string of the molecule is CCCn1ccnc1CC(C)(O)c1ccc(I)cc1. The van der Waals surface area contributed by atoms with Crippen molar-refractivity contribution in [2.45, 2.75) is 38.8 Å². The van der Waals surface area contributed by atoms with E-state index in [4.69, 9.17) is 0 Å². The van der Waals surface area contributed by atoms with Crippen LogP contribution in [0.1, 0.15) is 31.7 Å². The Balaban J connectivity index is 2.20. The number of benzene rings is 1. The third-order valence-electron chi connectivity index (χ3n) is 3.23. The van der Waals surface area contributed by atoms with Gasteiger partial charge in [0.15, 0.2) is 0 Å². The molecule has 2 aromatic rings. The van der Waals surface area contributed by atoms with Crippen LogP contribution in [0.3, 0.4) is 0 Å². The van der Waals surface area contributed by atoms with Crippen molar-refractivity contribution in [2.24, 2.45) is 0 Å². The maximum Gasteiger partial charge on any atom is 0.111 e. The maximum absolute atomic E-state index is 10.7. The van der Waals surface area contributed by atoms with Crippen molar-refractivity contribution >= 4 is 22.6 Å². The van der Waals surface area contributed by atoms with Gasteiger partial charge < -0.3 is 9.67 Å². The molecule has 1 aromatic heterocycles. The van der Waals surface area contributed by atoms with Crippen LogP contribution in [0.2, 0.25) is 0 Å². The fraction of sp³-hybridized carbons (Fsp3) is 0.400. The first kappa shape index (κ1) is 14.5. The Hall–Kier alpha value is -0.880. The highest BCUT2D eigenvalue weighted by Crippen LogP contribution is 2.25. The molecule has 0 saturated carbocycles. The van der Waals surface area contributed by atoms with E-state index in [2.05, 4.69) is 39.1 Å². The smallest absolute Gasteiger partial charge is 0.111 e. The lowest BCUT2D eigenvalue weighted by Crippen LogP contribution is -2.26. The van der Waals surface area contributed by atoms with Crippen LogP contribution >= 0.6 is 22.6 Å². The largest absolute Gasteiger partial charge is 0.385 e. The van der Waals surface area contributed by atoms with E-state index in [0.29, 0.717) is 6.42 Å². The van der Waals surface area contributed by atoms with Crippen LogP contribution in [-0.4, -0.2) is 14.7 Å². The second-order valence-corrected chi connectivity index (χ2v) is 6.24. The summed E-state index contributed by atoms with van der Waals surface area (Å²) >= 11 is 2.27. The summed E-state index contributed by atoms with van der Waals surface area (Å²) < 4.78 is 3.28. The van der Waals surface area contributed by atoms with Crippen LogP contribution in [0, 0.1) is 3.57 Å². The molecule has 1 aromatic carbocycles. The summed E-state index contributed by atoms with van der Waals surface area (Å²) in [7, 11) is 0. The molecule has 0 bridgehead atoms. The highest BCUT2D eigenvalue weighted by atomic mass is 127. The van der Waals surface area contributed by atoms with Gasteiger partial charge in [-0.15, -0.1) is 0 Å². The van der Waals surface area contributed by atoms with E-state index in [1.54, 1.807) is 6.20 Å². The number of aryl methyl sites for hydroxylation is 1. The number of imidazole rings is 1. The summed E-state index contributed by atoms with van der Waals surface area (Å²) in [6, 6.07) is 8.00. The van der Waals surface area contributed by atoms with Gasteiger partial charge >= 0.3 is 0 Å². The molecule has 3 nitrogen and oxygen atoms in total. The number of nitrogens with zero attached hydrogens (tertiary/aromatic N) is 2. The number of halogens is 1. The Morgan fingerprint density at radius 3 is 2.63 bits per heavy atom. The number of hydrogen-bond donors (Lipinski definition) is 1. The Morgan fingerprint density at radius 1 is 1.32 bits per heavy atom. The van der Waals surface area contributed by atoms with Gasteiger partial charge in [0.1, 0.15) is 5.82 Å². The van der Waals surface area contributed by atoms with Gasteiger partial charge in [-0.1, -0.05) is 19.1 Å². The Bertz CT molecular complexity index is 531. The molecule has 102 valence electrons. The highest BCUT2D eigenvalue weighted by molar-refractivity contribution is 14.1. The average molecular weight is 370 g/mol. The van der Waals surface area contributed by atoms with Crippen molar-refractivity contribution in [3.8, 4) is 0 Å². The van der Waals surface area contributed by atoms with Gasteiger partial charge in [0.25, 0.3) is 0 Å². The van der Waals surface area contributed by atoms with Gasteiger partial charge in [0.2, 0.25) is 0 Å². The van der Waals surface area contributed by atoms with Gasteiger partial charge in [-0.3, -0.25) is 0 Å². The zero-order valence-electron chi connectivity index (χ0n) is 11.3. The second-order valence-electron chi connectivity index (χ2n) is 4.99. The normalized spacial score (nSPS) is 14.3. The lowest BCUT2D eigenvalue weighted by atomic mass is 9.92. The number of aliphatic hydroxyl groups is 1. The zero-order chi connectivity index (χ0) is 13.9. The fourth-order valence-electron chi connectivity index (χ4n) is 2.17. The fourth-order valence-corrected chi connectivity index (χ4v) is 2.53. The predicted octanol–water partition coefficient (Wildman–Crippen LogP) is 3.35. The molecule has 4 heteroatoms. The Labute approximate surface area is 127 Å². The van der Waals surface area contributed by atoms with Crippen LogP contribution in [0.15, 0.2) is 36.7 Å². The first-order valence-electron chi connectivity index (χ1n) is 6.51. The van der Waals surface area contributed by atoms with Gasteiger partial charge in [-0.05, 0) is 53.6 Å². The van der Waals surface area contributed by atoms with Crippen molar-refractivity contribution in [3.63, 3.8) is 0 Å². The lowest BCUT2D eigenvalue weighted by molar-refractivity contribution is 0.0545. The molecule has 19 heavy (non-hydrogen) atoms. The standard InChI is InChI=1S/C15H19IN2O/c1-3-9-18-10-8-17-14(18)11-15(2,19)12-4-6-13(16)7-5-12/h4-8,10,19H,3,9,11H2,1-2H3. The zero-order valence-corrected chi connectivity index (χ0v) is 13.5. The van der Waals surface area contributed by atoms with Gasteiger partial charge in [-0.2, -0.15) is 0 Å². The molecule has 0 saturated heterocycles. The van der Waals surface area contributed by atoms with Gasteiger partial charge in [0.05, 0.1) is 5.60 Å². The third kappa shape index (κ3) is 3.57. The summed E-state index contributed by atoms with van der Waals surface area (Å²) in [4.78, 5) is 4.36. The summed E-state index contributed by atoms with van der Waals surface area (Å²) in [6.07, 6.45) is 5.37. The maximum atomic E-state index is 10.7. The van der Waals surface area contributed by atoms with E-state index in [0.717, 1.165) is 24.4 Å². The summed E-state index contributed by atoms with van der Waals surface area (Å²) in [6.45, 7) is 4.93. The van der Waals surface area contributed by atoms with Crippen LogP contribution < -0.4 is 0 Å². The molecule has 1 unspecified atom stereocenters. The molecule has 0 aliphatic rings. The summed E-state index contributed by atoms with van der Waals surface area (Å²) in [5.41, 5.74) is 0.0419. The average Bonchev–Trinajstić information content (AvgIpc) is 2.77. The monoisotopic (exact) mass is 370 g/mol. The minimum atomic E-state index is -0.888. The first-order valence-corrected chi connectivity index (χ1v) is 7.59. The second kappa shape index (κ2) is 6.05. The van der Waals surface area contributed by atoms with Crippen LogP contribution in [0.4, 0.5) is 0 Å². The van der Waals surface area contributed by atoms with Crippen LogP contribution in [0.25, 0.3) is 0 Å². The van der Waals surface area contributed by atoms with Gasteiger partial charge in [-0.25, -0.2) is 4.98 Å². The van der Waals surface area contributed by atoms with E-state index in [1.807, 2.05) is 37.4 Å². The molecule has 0 amide bonds. The minimum Gasteiger partial charge on any atom is -0.385 e. The third-order valence-corrected chi connectivity index (χ3v) is 3.95. The molecule has 0 aliphatic heterocycles. The van der Waals surface area contributed by atoms with Crippen molar-refractivity contribution in [2.75, 3.05) is 0 Å². The van der Waals surface area contributed by atoms with Crippen molar-refractivity contribution in [1.82, 2.24) is 9.55 Å². The highest BCUT2D eigenvalue weighted by Gasteiger charge is 2.25. The molecule has 2 rings (SSSR count). The van der Waals surface area contributed by atoms with E-state index >= 15 is 0 Å². The molecule has 1 atom stereocenters. The molecule has 0 fully saturated rings. The van der Waals surface area contributed by atoms with Crippen LogP contribution in [0.5, 0.6) is 0 Å². The number of rotatable bonds is 5. The molecular weight excluding hydrogens is 351 g/mol. The molecule has 0 radical (unpaired) electrons. The number of hydrogen-bond acceptors (Lipinski definition) is 2. The lowest BCUT2D eigenvalue weighted by Gasteiger charge is -2.24. The van der Waals surface area contributed by atoms with Crippen molar-refractivity contribution in [3.05, 3.63) is 51.6 Å². The van der Waals surface area contributed by atoms with Crippen molar-refractivity contribution in [1.29, 1.82) is 0 Å². The van der Waals surface area contributed by atoms with E-state index < -0.39 is 5.60 Å². The van der Waals surface area contributed by atoms with Crippen LogP contribution in [-0.2, 0) is 18.6 Å². The van der Waals surface area contributed by atoms with E-state index in [1.165, 1.54) is 3.57 Å². The molecule has 1 heterocycles. The first-order chi connectivity index (χ1) is 9.03. The number of aromatic nitrogens is 2. The minimum absolute atomic E-state index is 0.528. The van der Waals surface area contributed by atoms with Gasteiger partial charge in [0, 0.05) is 28.9 Å². The van der Waals surface area contributed by atoms with Crippen molar-refractivity contribution < 1.29 is 5.11 Å². The predicted molar refractivity (Wildman–Crippen MR) is 85.0 cm³/mol. The summed E-state index contributed by atoms with van der Waals surface area (Å²) in [5.74, 6) is 0.936. The van der Waals surface area contributed by atoms with E-state index in [-0.39, 0.29) is 0 Å². The molecule has 0 aliphatic carbocycles. The quantitative estimate of drug-likeness (QED) is 0.820. The summed E-state index contributed by atoms with van der Waals surface area (Å²) in [5, 5.41) is 10.7. The Kier molecular flexibility index (Phi) is 4.62. The van der Waals surface area contributed by atoms with E-state index in [9.17, 15) is 5.11 Å². The topological polar surface area (TPSA) is 38.0 Å². The Morgan fingerprint density at radius 2 is 2.00 bits per heavy atom.